The van der Waals surface area contributed by atoms with Gasteiger partial charge in [-0.3, -0.25) is 19.1 Å². The molecule has 5 aromatic heterocycles. The van der Waals surface area contributed by atoms with Gasteiger partial charge in [0, 0.05) is 36.6 Å². The molecular weight excluding hydrogens is 434 g/mol. The minimum atomic E-state index is -0.761. The highest BCUT2D eigenvalue weighted by molar-refractivity contribution is 7.13. The number of carbonyl (C=O) groups is 1. The molecule has 160 valence electrons. The summed E-state index contributed by atoms with van der Waals surface area (Å²) >= 11 is 1.32. The van der Waals surface area contributed by atoms with E-state index < -0.39 is 5.82 Å². The standard InChI is InChI=1S/C20H15N7O4S/c1-26-9-15(17(25-26)14-4-2-3-5-21-14)23-18(28)16-11-32-19(24-16)12-6-22-27(7-12)8-13-10-30-20(29)31-13/h2-7,9-11H,8H2,1H3,(H,23,28). The van der Waals surface area contributed by atoms with Crippen LogP contribution in [0.25, 0.3) is 22.0 Å². The number of rotatable bonds is 6. The van der Waals surface area contributed by atoms with Crippen LogP contribution >= 0.6 is 11.3 Å². The molecule has 5 rings (SSSR count). The Morgan fingerprint density at radius 1 is 1.28 bits per heavy atom. The average molecular weight is 449 g/mol. The fourth-order valence-electron chi connectivity index (χ4n) is 3.03. The van der Waals surface area contributed by atoms with Crippen LogP contribution in [0.2, 0.25) is 0 Å². The monoisotopic (exact) mass is 449 g/mol. The van der Waals surface area contributed by atoms with Crippen molar-refractivity contribution in [3.8, 4) is 22.0 Å². The molecule has 0 atom stereocenters. The Kier molecular flexibility index (Phi) is 4.95. The van der Waals surface area contributed by atoms with Crippen molar-refractivity contribution < 1.29 is 13.6 Å². The molecule has 12 heteroatoms. The van der Waals surface area contributed by atoms with E-state index in [0.29, 0.717) is 27.8 Å². The number of aromatic nitrogens is 6. The van der Waals surface area contributed by atoms with Gasteiger partial charge in [0.25, 0.3) is 5.91 Å². The van der Waals surface area contributed by atoms with Gasteiger partial charge in [0.2, 0.25) is 0 Å². The summed E-state index contributed by atoms with van der Waals surface area (Å²) in [6.45, 7) is 0.238. The van der Waals surface area contributed by atoms with Crippen molar-refractivity contribution in [1.82, 2.24) is 29.5 Å². The average Bonchev–Trinajstić information content (AvgIpc) is 3.57. The minimum absolute atomic E-state index is 0.238. The molecule has 5 aromatic rings. The van der Waals surface area contributed by atoms with Crippen LogP contribution in [0.5, 0.6) is 0 Å². The second-order valence-electron chi connectivity index (χ2n) is 6.75. The maximum absolute atomic E-state index is 12.8. The highest BCUT2D eigenvalue weighted by atomic mass is 32.1. The number of thiazole rings is 1. The molecule has 0 spiro atoms. The van der Waals surface area contributed by atoms with Gasteiger partial charge in [-0.2, -0.15) is 10.2 Å². The van der Waals surface area contributed by atoms with Crippen molar-refractivity contribution in [2.75, 3.05) is 5.32 Å². The van der Waals surface area contributed by atoms with E-state index in [9.17, 15) is 9.59 Å². The summed E-state index contributed by atoms with van der Waals surface area (Å²) in [5, 5.41) is 13.8. The van der Waals surface area contributed by atoms with Gasteiger partial charge in [0.1, 0.15) is 29.2 Å². The molecule has 0 bridgehead atoms. The lowest BCUT2D eigenvalue weighted by molar-refractivity contribution is 0.102. The van der Waals surface area contributed by atoms with Crippen molar-refractivity contribution >= 4 is 22.9 Å². The summed E-state index contributed by atoms with van der Waals surface area (Å²) in [4.78, 5) is 32.5. The molecule has 0 aliphatic carbocycles. The number of nitrogens with zero attached hydrogens (tertiary/aromatic N) is 6. The van der Waals surface area contributed by atoms with Gasteiger partial charge in [-0.25, -0.2) is 9.78 Å². The molecule has 32 heavy (non-hydrogen) atoms. The molecule has 1 amide bonds. The van der Waals surface area contributed by atoms with Crippen LogP contribution in [-0.4, -0.2) is 35.4 Å². The molecule has 0 saturated carbocycles. The summed E-state index contributed by atoms with van der Waals surface area (Å²) in [7, 11) is 1.77. The number of nitrogens with one attached hydrogen (secondary N) is 1. The summed E-state index contributed by atoms with van der Waals surface area (Å²) < 4.78 is 12.7. The fraction of sp³-hybridized carbons (Fsp3) is 0.100. The summed E-state index contributed by atoms with van der Waals surface area (Å²) in [6, 6.07) is 5.50. The zero-order valence-corrected chi connectivity index (χ0v) is 17.4. The highest BCUT2D eigenvalue weighted by Crippen LogP contribution is 2.27. The van der Waals surface area contributed by atoms with Crippen LogP contribution in [0.4, 0.5) is 5.69 Å². The first-order valence-corrected chi connectivity index (χ1v) is 10.3. The molecular formula is C20H15N7O4S. The number of hydrogen-bond acceptors (Lipinski definition) is 9. The summed E-state index contributed by atoms with van der Waals surface area (Å²) in [5.74, 6) is -0.767. The molecule has 1 N–H and O–H groups in total. The zero-order valence-electron chi connectivity index (χ0n) is 16.6. The van der Waals surface area contributed by atoms with E-state index in [1.807, 2.05) is 18.2 Å². The van der Waals surface area contributed by atoms with Crippen LogP contribution in [-0.2, 0) is 13.6 Å². The predicted molar refractivity (Wildman–Crippen MR) is 114 cm³/mol. The molecule has 0 radical (unpaired) electrons. The lowest BCUT2D eigenvalue weighted by Crippen LogP contribution is -2.12. The molecule has 0 saturated heterocycles. The summed E-state index contributed by atoms with van der Waals surface area (Å²) in [5.41, 5.74) is 2.78. The minimum Gasteiger partial charge on any atom is -0.399 e. The van der Waals surface area contributed by atoms with E-state index in [2.05, 4.69) is 29.9 Å². The number of anilines is 1. The van der Waals surface area contributed by atoms with Gasteiger partial charge in [-0.05, 0) is 12.1 Å². The first kappa shape index (κ1) is 19.6. The van der Waals surface area contributed by atoms with Crippen LogP contribution in [0, 0.1) is 0 Å². The Hall–Kier alpha value is -4.32. The van der Waals surface area contributed by atoms with Crippen LogP contribution in [0.15, 0.2) is 68.3 Å². The largest absolute Gasteiger partial charge is 0.518 e. The quantitative estimate of drug-likeness (QED) is 0.418. The smallest absolute Gasteiger partial charge is 0.399 e. The van der Waals surface area contributed by atoms with Crippen molar-refractivity contribution in [2.45, 2.75) is 6.54 Å². The van der Waals surface area contributed by atoms with E-state index in [4.69, 9.17) is 4.42 Å². The van der Waals surface area contributed by atoms with Crippen molar-refractivity contribution in [1.29, 1.82) is 0 Å². The SMILES string of the molecule is Cn1cc(NC(=O)c2csc(-c3cnn(Cc4coc(=O)o4)c3)n2)c(-c2ccccn2)n1. The Morgan fingerprint density at radius 2 is 2.19 bits per heavy atom. The number of carbonyl (C=O) groups excluding carboxylic acids is 1. The van der Waals surface area contributed by atoms with E-state index >= 15 is 0 Å². The normalized spacial score (nSPS) is 11.0. The Morgan fingerprint density at radius 3 is 2.97 bits per heavy atom. The lowest BCUT2D eigenvalue weighted by Gasteiger charge is -2.03. The van der Waals surface area contributed by atoms with Gasteiger partial charge in [-0.15, -0.1) is 11.3 Å². The van der Waals surface area contributed by atoms with Gasteiger partial charge in [-0.1, -0.05) is 6.07 Å². The highest BCUT2D eigenvalue weighted by Gasteiger charge is 2.18. The second-order valence-corrected chi connectivity index (χ2v) is 7.61. The third kappa shape index (κ3) is 3.98. The molecule has 0 fully saturated rings. The van der Waals surface area contributed by atoms with Crippen LogP contribution < -0.4 is 11.1 Å². The Balaban J connectivity index is 1.32. The van der Waals surface area contributed by atoms with E-state index in [1.54, 1.807) is 46.6 Å². The van der Waals surface area contributed by atoms with Crippen molar-refractivity contribution in [3.05, 3.63) is 76.7 Å². The Bertz CT molecular complexity index is 1440. The second kappa shape index (κ2) is 8.07. The van der Waals surface area contributed by atoms with Crippen LogP contribution in [0.3, 0.4) is 0 Å². The molecule has 5 heterocycles. The fourth-order valence-corrected chi connectivity index (χ4v) is 3.80. The number of aryl methyl sites for hydroxylation is 1. The van der Waals surface area contributed by atoms with Gasteiger partial charge >= 0.3 is 5.82 Å². The van der Waals surface area contributed by atoms with Gasteiger partial charge in [0.15, 0.2) is 5.76 Å². The van der Waals surface area contributed by atoms with E-state index in [1.165, 1.54) is 17.6 Å². The van der Waals surface area contributed by atoms with Crippen molar-refractivity contribution in [3.63, 3.8) is 0 Å². The number of amides is 1. The third-order valence-electron chi connectivity index (χ3n) is 4.42. The lowest BCUT2D eigenvalue weighted by atomic mass is 10.2. The molecule has 0 aliphatic rings. The number of hydrogen-bond donors (Lipinski definition) is 1. The first-order chi connectivity index (χ1) is 15.5. The number of pyridine rings is 1. The van der Waals surface area contributed by atoms with Crippen LogP contribution in [0.1, 0.15) is 16.2 Å². The topological polar surface area (TPSA) is 134 Å². The van der Waals surface area contributed by atoms with Crippen molar-refractivity contribution in [2.24, 2.45) is 7.05 Å². The third-order valence-corrected chi connectivity index (χ3v) is 5.31. The predicted octanol–water partition coefficient (Wildman–Crippen LogP) is 2.65. The first-order valence-electron chi connectivity index (χ1n) is 9.37. The molecule has 0 unspecified atom stereocenters. The molecule has 0 aliphatic heterocycles. The molecule has 11 nitrogen and oxygen atoms in total. The maximum Gasteiger partial charge on any atom is 0.518 e. The maximum atomic E-state index is 12.8. The Labute approximate surface area is 184 Å². The van der Waals surface area contributed by atoms with E-state index in [0.717, 1.165) is 5.56 Å². The van der Waals surface area contributed by atoms with Gasteiger partial charge in [0.05, 0.1) is 17.6 Å². The zero-order chi connectivity index (χ0) is 22.1. The van der Waals surface area contributed by atoms with Gasteiger partial charge < -0.3 is 14.2 Å². The van der Waals surface area contributed by atoms with E-state index in [-0.39, 0.29) is 18.1 Å². The molecule has 0 aromatic carbocycles. The summed E-state index contributed by atoms with van der Waals surface area (Å²) in [6.07, 6.45) is 8.00.